The van der Waals surface area contributed by atoms with Gasteiger partial charge in [-0.15, -0.1) is 11.6 Å². The van der Waals surface area contributed by atoms with Crippen molar-refractivity contribution in [2.24, 2.45) is 0 Å². The van der Waals surface area contributed by atoms with Crippen LogP contribution in [0.15, 0.2) is 30.5 Å². The molecule has 3 rings (SSSR count). The number of methoxy groups -OCH3 is 1. The van der Waals surface area contributed by atoms with Crippen molar-refractivity contribution in [1.29, 1.82) is 0 Å². The highest BCUT2D eigenvalue weighted by molar-refractivity contribution is 6.27. The molecular formula is C19H19ClF2N4O3. The maximum atomic E-state index is 13.5. The second kappa shape index (κ2) is 9.13. The molecule has 1 fully saturated rings. The molecular weight excluding hydrogens is 406 g/mol. The Bertz CT molecular complexity index is 898. The van der Waals surface area contributed by atoms with E-state index in [1.807, 2.05) is 0 Å². The maximum absolute atomic E-state index is 13.5. The topological polar surface area (TPSA) is 84.4 Å². The molecule has 0 radical (unpaired) electrons. The van der Waals surface area contributed by atoms with Crippen LogP contribution in [-0.4, -0.2) is 58.8 Å². The van der Waals surface area contributed by atoms with Gasteiger partial charge >= 0.3 is 0 Å². The van der Waals surface area contributed by atoms with Crippen LogP contribution < -0.4 is 10.1 Å². The van der Waals surface area contributed by atoms with Gasteiger partial charge in [0.15, 0.2) is 0 Å². The van der Waals surface area contributed by atoms with Gasteiger partial charge in [0.25, 0.3) is 11.8 Å². The number of carbonyl (C=O) groups excluding carboxylic acids is 2. The molecule has 1 saturated heterocycles. The lowest BCUT2D eigenvalue weighted by molar-refractivity contribution is -0.119. The van der Waals surface area contributed by atoms with E-state index in [1.165, 1.54) is 24.1 Å². The molecule has 0 spiro atoms. The predicted octanol–water partition coefficient (Wildman–Crippen LogP) is 2.12. The largest absolute Gasteiger partial charge is 0.479 e. The summed E-state index contributed by atoms with van der Waals surface area (Å²) in [5.74, 6) is -2.89. The van der Waals surface area contributed by atoms with Gasteiger partial charge in [0.2, 0.25) is 17.5 Å². The number of ether oxygens (including phenoxy) is 1. The molecule has 7 nitrogen and oxygen atoms in total. The third-order valence-electron chi connectivity index (χ3n) is 4.76. The minimum atomic E-state index is -0.772. The minimum Gasteiger partial charge on any atom is -0.479 e. The minimum absolute atomic E-state index is 0.129. The van der Waals surface area contributed by atoms with Gasteiger partial charge < -0.3 is 15.0 Å². The molecule has 1 aliphatic rings. The van der Waals surface area contributed by atoms with Crippen LogP contribution in [0.2, 0.25) is 0 Å². The number of amides is 2. The molecule has 2 aromatic rings. The fourth-order valence-electron chi connectivity index (χ4n) is 3.38. The highest BCUT2D eigenvalue weighted by atomic mass is 35.5. The zero-order chi connectivity index (χ0) is 21.0. The Kier molecular flexibility index (Phi) is 6.58. The van der Waals surface area contributed by atoms with Crippen molar-refractivity contribution in [2.75, 3.05) is 26.1 Å². The Balaban J connectivity index is 1.81. The molecule has 1 N–H and O–H groups in total. The van der Waals surface area contributed by atoms with E-state index < -0.39 is 17.8 Å². The van der Waals surface area contributed by atoms with Crippen molar-refractivity contribution in [3.63, 3.8) is 0 Å². The maximum Gasteiger partial charge on any atom is 0.291 e. The molecule has 10 heteroatoms. The molecule has 0 unspecified atom stereocenters. The lowest BCUT2D eigenvalue weighted by atomic mass is 9.85. The first-order valence-corrected chi connectivity index (χ1v) is 9.43. The first-order valence-electron chi connectivity index (χ1n) is 8.89. The van der Waals surface area contributed by atoms with Crippen LogP contribution in [-0.2, 0) is 4.79 Å². The summed E-state index contributed by atoms with van der Waals surface area (Å²) < 4.78 is 31.6. The lowest BCUT2D eigenvalue weighted by Gasteiger charge is -2.39. The quantitative estimate of drug-likeness (QED) is 0.743. The molecule has 1 aromatic heterocycles. The van der Waals surface area contributed by atoms with Gasteiger partial charge in [-0.05, 0) is 24.1 Å². The van der Waals surface area contributed by atoms with E-state index in [-0.39, 0.29) is 41.8 Å². The zero-order valence-corrected chi connectivity index (χ0v) is 16.3. The molecule has 2 atom stereocenters. The number of aromatic nitrogens is 2. The van der Waals surface area contributed by atoms with E-state index in [2.05, 4.69) is 15.3 Å². The fourth-order valence-corrected chi connectivity index (χ4v) is 3.45. The molecule has 0 bridgehead atoms. The summed E-state index contributed by atoms with van der Waals surface area (Å²) in [5.41, 5.74) is 0.845. The second-order valence-electron chi connectivity index (χ2n) is 6.56. The molecule has 0 aliphatic carbocycles. The number of benzene rings is 1. The Hall–Kier alpha value is -2.81. The van der Waals surface area contributed by atoms with Crippen LogP contribution in [0.5, 0.6) is 5.88 Å². The number of rotatable bonds is 5. The lowest BCUT2D eigenvalue weighted by Crippen LogP contribution is -2.53. The standard InChI is InChI=1S/C19H19ClF2N4O3/c1-29-18-14(22)9-23-17(25-18)19(28)26-7-6-13(11-2-4-12(21)5-3-11)15(10-26)24-16(27)8-20/h2-5,9,13,15H,6-8,10H2,1H3,(H,24,27)/t13-,15+/m1/s1. The van der Waals surface area contributed by atoms with Crippen molar-refractivity contribution in [2.45, 2.75) is 18.4 Å². The summed E-state index contributed by atoms with van der Waals surface area (Å²) in [4.78, 5) is 33.7. The Labute approximate surface area is 171 Å². The summed E-state index contributed by atoms with van der Waals surface area (Å²) in [7, 11) is 1.24. The Morgan fingerprint density at radius 1 is 1.31 bits per heavy atom. The first-order chi connectivity index (χ1) is 13.9. The monoisotopic (exact) mass is 424 g/mol. The van der Waals surface area contributed by atoms with Crippen LogP contribution in [0.1, 0.15) is 28.5 Å². The average Bonchev–Trinajstić information content (AvgIpc) is 2.74. The van der Waals surface area contributed by atoms with Crippen LogP contribution in [0.25, 0.3) is 0 Å². The van der Waals surface area contributed by atoms with Gasteiger partial charge in [0.05, 0.1) is 19.3 Å². The van der Waals surface area contributed by atoms with E-state index in [0.29, 0.717) is 13.0 Å². The summed E-state index contributed by atoms with van der Waals surface area (Å²) in [5, 5.41) is 2.82. The van der Waals surface area contributed by atoms with Gasteiger partial charge in [-0.1, -0.05) is 12.1 Å². The first kappa shape index (κ1) is 20.9. The number of halogens is 3. The fraction of sp³-hybridized carbons (Fsp3) is 0.368. The van der Waals surface area contributed by atoms with Crippen LogP contribution in [0.4, 0.5) is 8.78 Å². The van der Waals surface area contributed by atoms with Gasteiger partial charge in [0, 0.05) is 19.0 Å². The summed E-state index contributed by atoms with van der Waals surface area (Å²) in [6.45, 7) is 0.531. The Morgan fingerprint density at radius 2 is 2.03 bits per heavy atom. The molecule has 2 amide bonds. The second-order valence-corrected chi connectivity index (χ2v) is 6.82. The van der Waals surface area contributed by atoms with Crippen molar-refractivity contribution >= 4 is 23.4 Å². The SMILES string of the molecule is COc1nc(C(=O)N2CC[C@H](c3ccc(F)cc3)[C@@H](NC(=O)CCl)C2)ncc1F. The van der Waals surface area contributed by atoms with E-state index in [9.17, 15) is 18.4 Å². The molecule has 29 heavy (non-hydrogen) atoms. The highest BCUT2D eigenvalue weighted by Gasteiger charge is 2.34. The van der Waals surface area contributed by atoms with Gasteiger partial charge in [-0.25, -0.2) is 9.37 Å². The van der Waals surface area contributed by atoms with E-state index >= 15 is 0 Å². The number of hydrogen-bond donors (Lipinski definition) is 1. The van der Waals surface area contributed by atoms with E-state index in [4.69, 9.17) is 16.3 Å². The molecule has 154 valence electrons. The number of likely N-dealkylation sites (tertiary alicyclic amines) is 1. The summed E-state index contributed by atoms with van der Waals surface area (Å²) in [6, 6.07) is 5.58. The summed E-state index contributed by atoms with van der Waals surface area (Å²) in [6.07, 6.45) is 1.39. The molecule has 2 heterocycles. The van der Waals surface area contributed by atoms with E-state index in [1.54, 1.807) is 12.1 Å². The Morgan fingerprint density at radius 3 is 2.69 bits per heavy atom. The van der Waals surface area contributed by atoms with Gasteiger partial charge in [-0.2, -0.15) is 9.37 Å². The number of alkyl halides is 1. The normalized spacial score (nSPS) is 19.0. The predicted molar refractivity (Wildman–Crippen MR) is 101 cm³/mol. The summed E-state index contributed by atoms with van der Waals surface area (Å²) >= 11 is 5.62. The molecule has 1 aromatic carbocycles. The molecule has 0 saturated carbocycles. The third kappa shape index (κ3) is 4.79. The average molecular weight is 425 g/mol. The third-order valence-corrected chi connectivity index (χ3v) is 5.01. The van der Waals surface area contributed by atoms with Crippen LogP contribution >= 0.6 is 11.6 Å². The van der Waals surface area contributed by atoms with E-state index in [0.717, 1.165) is 11.8 Å². The smallest absolute Gasteiger partial charge is 0.291 e. The number of nitrogens with one attached hydrogen (secondary N) is 1. The van der Waals surface area contributed by atoms with Gasteiger partial charge in [0.1, 0.15) is 11.7 Å². The number of hydrogen-bond acceptors (Lipinski definition) is 5. The number of carbonyl (C=O) groups is 2. The number of nitrogens with zero attached hydrogens (tertiary/aromatic N) is 3. The van der Waals surface area contributed by atoms with Crippen molar-refractivity contribution in [3.05, 3.63) is 53.5 Å². The van der Waals surface area contributed by atoms with Crippen LogP contribution in [0, 0.1) is 11.6 Å². The van der Waals surface area contributed by atoms with Crippen LogP contribution in [0.3, 0.4) is 0 Å². The molecule has 1 aliphatic heterocycles. The van der Waals surface area contributed by atoms with Crippen molar-refractivity contribution in [3.8, 4) is 5.88 Å². The van der Waals surface area contributed by atoms with Gasteiger partial charge in [-0.3, -0.25) is 9.59 Å². The van der Waals surface area contributed by atoms with Crippen molar-refractivity contribution < 1.29 is 23.1 Å². The highest BCUT2D eigenvalue weighted by Crippen LogP contribution is 2.29. The number of piperidine rings is 1. The van der Waals surface area contributed by atoms with Crippen molar-refractivity contribution in [1.82, 2.24) is 20.2 Å². The zero-order valence-electron chi connectivity index (χ0n) is 15.6.